The summed E-state index contributed by atoms with van der Waals surface area (Å²) in [6.45, 7) is 6.76. The number of allylic oxidation sites excluding steroid dienone is 1. The molecule has 0 saturated carbocycles. The van der Waals surface area contributed by atoms with Crippen LogP contribution in [0.5, 0.6) is 0 Å². The Bertz CT molecular complexity index is 1030. The number of aryl methyl sites for hydroxylation is 2. The summed E-state index contributed by atoms with van der Waals surface area (Å²) in [4.78, 5) is 13.0. The molecule has 0 radical (unpaired) electrons. The molecule has 11 heteroatoms. The van der Waals surface area contributed by atoms with Gasteiger partial charge in [-0.15, -0.1) is 6.58 Å². The van der Waals surface area contributed by atoms with Gasteiger partial charge < -0.3 is 10.5 Å². The molecule has 4 nitrogen and oxygen atoms in total. The van der Waals surface area contributed by atoms with Gasteiger partial charge in [0.05, 0.1) is 10.6 Å². The van der Waals surface area contributed by atoms with E-state index in [1.165, 1.54) is 0 Å². The summed E-state index contributed by atoms with van der Waals surface area (Å²) in [5.74, 6) is -1.44. The highest BCUT2D eigenvalue weighted by atomic mass is 35.5. The molecule has 1 aromatic carbocycles. The first kappa shape index (κ1) is 25.5. The van der Waals surface area contributed by atoms with E-state index in [1.807, 2.05) is 0 Å². The molecule has 0 aliphatic heterocycles. The molecule has 0 unspecified atom stereocenters. The van der Waals surface area contributed by atoms with Crippen molar-refractivity contribution in [3.8, 4) is 0 Å². The highest BCUT2D eigenvalue weighted by Crippen LogP contribution is 2.40. The van der Waals surface area contributed by atoms with Crippen LogP contribution in [-0.2, 0) is 31.6 Å². The molecule has 1 aromatic heterocycles. The first-order valence-corrected chi connectivity index (χ1v) is 9.82. The summed E-state index contributed by atoms with van der Waals surface area (Å²) in [6, 6.07) is 4.99. The number of nitrogens with one attached hydrogen (secondary N) is 1. The van der Waals surface area contributed by atoms with Crippen LogP contribution in [-0.4, -0.2) is 5.91 Å². The van der Waals surface area contributed by atoms with Crippen molar-refractivity contribution in [1.29, 1.82) is 0 Å². The Hall–Kier alpha value is -2.75. The Morgan fingerprint density at radius 2 is 1.59 bits per heavy atom. The summed E-state index contributed by atoms with van der Waals surface area (Å²) in [5.41, 5.74) is -5.43. The monoisotopic (exact) mass is 480 g/mol. The van der Waals surface area contributed by atoms with Crippen LogP contribution in [0.15, 0.2) is 30.9 Å². The largest absolute Gasteiger partial charge is 0.618 e. The predicted molar refractivity (Wildman–Crippen MR) is 107 cm³/mol. The van der Waals surface area contributed by atoms with E-state index in [0.717, 1.165) is 6.08 Å². The predicted octanol–water partition coefficient (Wildman–Crippen LogP) is 6.12. The quantitative estimate of drug-likeness (QED) is 0.234. The fraction of sp³-hybridized carbons (Fsp3) is 0.333. The fourth-order valence-electron chi connectivity index (χ4n) is 3.35. The van der Waals surface area contributed by atoms with Gasteiger partial charge in [0.1, 0.15) is 5.56 Å². The van der Waals surface area contributed by atoms with Gasteiger partial charge in [-0.1, -0.05) is 49.7 Å². The third-order valence-electron chi connectivity index (χ3n) is 4.76. The zero-order chi connectivity index (χ0) is 24.4. The van der Waals surface area contributed by atoms with E-state index in [0.29, 0.717) is 24.0 Å². The molecule has 0 fully saturated rings. The van der Waals surface area contributed by atoms with Gasteiger partial charge in [-0.2, -0.15) is 31.1 Å². The lowest BCUT2D eigenvalue weighted by Gasteiger charge is -2.21. The van der Waals surface area contributed by atoms with E-state index in [2.05, 4.69) is 11.9 Å². The topological polar surface area (TPSA) is 56.0 Å². The minimum absolute atomic E-state index is 0.217. The van der Waals surface area contributed by atoms with Crippen LogP contribution >= 0.6 is 11.6 Å². The first-order chi connectivity index (χ1) is 14.8. The molecule has 2 rings (SSSR count). The van der Waals surface area contributed by atoms with E-state index in [4.69, 9.17) is 11.6 Å². The number of benzene rings is 1. The molecule has 2 aromatic rings. The number of rotatable bonds is 6. The van der Waals surface area contributed by atoms with E-state index in [-0.39, 0.29) is 5.69 Å². The molecule has 1 heterocycles. The smallest absolute Gasteiger partial charge is 0.479 e. The number of carbonyl (C=O) groups excluding carboxylic acids is 1. The molecule has 0 bridgehead atoms. The second kappa shape index (κ2) is 9.40. The van der Waals surface area contributed by atoms with E-state index >= 15 is 0 Å². The third kappa shape index (κ3) is 4.85. The van der Waals surface area contributed by atoms with Crippen LogP contribution in [0.25, 0.3) is 0 Å². The van der Waals surface area contributed by atoms with Crippen molar-refractivity contribution in [2.45, 2.75) is 45.5 Å². The summed E-state index contributed by atoms with van der Waals surface area (Å²) in [7, 11) is 0. The number of carbonyl (C=O) groups is 1. The lowest BCUT2D eigenvalue weighted by atomic mass is 10.0. The molecule has 0 aliphatic rings. The minimum atomic E-state index is -5.59. The van der Waals surface area contributed by atoms with Gasteiger partial charge in [-0.3, -0.25) is 4.79 Å². The molecule has 174 valence electrons. The number of nitrogens with zero attached hydrogens (tertiary/aromatic N) is 1. The molecule has 0 atom stereocenters. The van der Waals surface area contributed by atoms with Crippen LogP contribution in [0.4, 0.5) is 32.0 Å². The highest BCUT2D eigenvalue weighted by molar-refractivity contribution is 6.35. The maximum absolute atomic E-state index is 13.7. The van der Waals surface area contributed by atoms with Crippen molar-refractivity contribution in [1.82, 2.24) is 0 Å². The van der Waals surface area contributed by atoms with Crippen molar-refractivity contribution in [2.75, 3.05) is 5.32 Å². The second-order valence-corrected chi connectivity index (χ2v) is 7.14. The number of aromatic nitrogens is 1. The van der Waals surface area contributed by atoms with Crippen LogP contribution in [0.3, 0.4) is 0 Å². The summed E-state index contributed by atoms with van der Waals surface area (Å²) < 4.78 is 80.3. The van der Waals surface area contributed by atoms with Gasteiger partial charge in [0, 0.05) is 5.69 Å². The Morgan fingerprint density at radius 3 is 2.00 bits per heavy atom. The average molecular weight is 481 g/mol. The lowest BCUT2D eigenvalue weighted by Crippen LogP contribution is -2.47. The van der Waals surface area contributed by atoms with Gasteiger partial charge in [0.2, 0.25) is 0 Å². The summed E-state index contributed by atoms with van der Waals surface area (Å²) >= 11 is 5.93. The summed E-state index contributed by atoms with van der Waals surface area (Å²) in [6.07, 6.45) is -9.96. The number of para-hydroxylation sites is 1. The van der Waals surface area contributed by atoms with Gasteiger partial charge in [0.25, 0.3) is 5.91 Å². The molecule has 32 heavy (non-hydrogen) atoms. The van der Waals surface area contributed by atoms with Gasteiger partial charge in [-0.05, 0) is 30.4 Å². The Balaban J connectivity index is 2.87. The third-order valence-corrected chi connectivity index (χ3v) is 5.18. The van der Waals surface area contributed by atoms with Crippen LogP contribution in [0.1, 0.15) is 52.3 Å². The standard InChI is InChI=1S/C21H19ClF6N2O2/c1-4-8-13-15(22)14(18(21(26,27)28)30(32)17(13)20(23,24)25)19(31)29-16-11(5-2)9-7-10-12(16)6-3/h4,7,9-10H,1,5-6,8H2,2-3H3,(H,29,31). The maximum Gasteiger partial charge on any atom is 0.479 e. The van der Waals surface area contributed by atoms with E-state index < -0.39 is 56.9 Å². The number of pyridine rings is 1. The normalized spacial score (nSPS) is 12.0. The Morgan fingerprint density at radius 1 is 1.09 bits per heavy atom. The fourth-order valence-corrected chi connectivity index (χ4v) is 3.70. The SMILES string of the molecule is C=CCc1c(Cl)c(C(=O)Nc2c(CC)cccc2CC)c(C(F)(F)F)[n+]([O-])c1C(F)(F)F. The van der Waals surface area contributed by atoms with Gasteiger partial charge in [-0.25, -0.2) is 0 Å². The second-order valence-electron chi connectivity index (χ2n) is 6.76. The Kier molecular flexibility index (Phi) is 7.49. The maximum atomic E-state index is 13.7. The molecule has 1 N–H and O–H groups in total. The molecule has 0 saturated heterocycles. The number of anilines is 1. The van der Waals surface area contributed by atoms with Crippen LogP contribution < -0.4 is 10.0 Å². The molecule has 0 aliphatic carbocycles. The van der Waals surface area contributed by atoms with Gasteiger partial charge >= 0.3 is 23.7 Å². The Labute approximate surface area is 185 Å². The zero-order valence-corrected chi connectivity index (χ0v) is 17.8. The van der Waals surface area contributed by atoms with Crippen LogP contribution in [0, 0.1) is 5.21 Å². The highest BCUT2D eigenvalue weighted by Gasteiger charge is 2.53. The van der Waals surface area contributed by atoms with E-state index in [1.54, 1.807) is 32.0 Å². The number of amides is 1. The minimum Gasteiger partial charge on any atom is -0.618 e. The molecular weight excluding hydrogens is 462 g/mol. The van der Waals surface area contributed by atoms with Crippen molar-refractivity contribution >= 4 is 23.2 Å². The number of hydrogen-bond acceptors (Lipinski definition) is 2. The van der Waals surface area contributed by atoms with Crippen molar-refractivity contribution in [3.63, 3.8) is 0 Å². The van der Waals surface area contributed by atoms with Crippen molar-refractivity contribution in [2.24, 2.45) is 0 Å². The number of alkyl halides is 6. The molecule has 0 spiro atoms. The van der Waals surface area contributed by atoms with E-state index in [9.17, 15) is 36.3 Å². The van der Waals surface area contributed by atoms with Crippen molar-refractivity contribution in [3.05, 3.63) is 74.7 Å². The lowest BCUT2D eigenvalue weighted by molar-refractivity contribution is -0.651. The summed E-state index contributed by atoms with van der Waals surface area (Å²) in [5, 5.41) is 13.6. The number of halogens is 7. The first-order valence-electron chi connectivity index (χ1n) is 9.44. The van der Waals surface area contributed by atoms with Crippen molar-refractivity contribution < 1.29 is 35.9 Å². The molecule has 1 amide bonds. The van der Waals surface area contributed by atoms with Gasteiger partial charge in [0.15, 0.2) is 0 Å². The number of hydrogen-bond donors (Lipinski definition) is 1. The van der Waals surface area contributed by atoms with Crippen LogP contribution in [0.2, 0.25) is 5.02 Å². The molecular formula is C21H19ClF6N2O2. The average Bonchev–Trinajstić information content (AvgIpc) is 2.68. The zero-order valence-electron chi connectivity index (χ0n) is 17.0.